The molecule has 0 saturated carbocycles. The number of hydrogen-bond donors (Lipinski definition) is 1. The van der Waals surface area contributed by atoms with Crippen LogP contribution in [0.25, 0.3) is 0 Å². The zero-order chi connectivity index (χ0) is 9.40. The molecule has 3 nitrogen and oxygen atoms in total. The highest BCUT2D eigenvalue weighted by atomic mass is 16.5. The Morgan fingerprint density at radius 2 is 1.83 bits per heavy atom. The van der Waals surface area contributed by atoms with Crippen LogP contribution in [0.3, 0.4) is 0 Å². The van der Waals surface area contributed by atoms with Crippen LogP contribution in [0.5, 0.6) is 0 Å². The molecule has 74 valence electrons. The third kappa shape index (κ3) is 7.98. The van der Waals surface area contributed by atoms with Gasteiger partial charge in [-0.2, -0.15) is 0 Å². The second-order valence-electron chi connectivity index (χ2n) is 3.34. The molecule has 0 amide bonds. The van der Waals surface area contributed by atoms with Crippen LogP contribution in [-0.2, 0) is 9.47 Å². The monoisotopic (exact) mass is 175 g/mol. The number of rotatable bonds is 7. The summed E-state index contributed by atoms with van der Waals surface area (Å²) in [7, 11) is 0. The second kappa shape index (κ2) is 7.53. The van der Waals surface area contributed by atoms with E-state index in [0.29, 0.717) is 31.8 Å². The summed E-state index contributed by atoms with van der Waals surface area (Å²) in [6.45, 7) is 8.87. The average Bonchev–Trinajstić information content (AvgIpc) is 2.03. The molecule has 0 aliphatic heterocycles. The Morgan fingerprint density at radius 3 is 2.33 bits per heavy atom. The highest BCUT2D eigenvalue weighted by Gasteiger charge is 1.98. The lowest BCUT2D eigenvalue weighted by molar-refractivity contribution is 0.0121. The Kier molecular flexibility index (Phi) is 7.45. The molecule has 0 bridgehead atoms. The molecular weight excluding hydrogens is 154 g/mol. The van der Waals surface area contributed by atoms with Crippen molar-refractivity contribution < 1.29 is 9.47 Å². The molecule has 2 N–H and O–H groups in total. The van der Waals surface area contributed by atoms with Crippen molar-refractivity contribution in [3.05, 3.63) is 0 Å². The summed E-state index contributed by atoms with van der Waals surface area (Å²) in [5.41, 5.74) is 5.42. The van der Waals surface area contributed by atoms with Crippen LogP contribution in [-0.4, -0.2) is 32.5 Å². The highest BCUT2D eigenvalue weighted by molar-refractivity contribution is 4.49. The van der Waals surface area contributed by atoms with Crippen molar-refractivity contribution in [2.45, 2.75) is 26.9 Å². The van der Waals surface area contributed by atoms with Crippen LogP contribution >= 0.6 is 0 Å². The van der Waals surface area contributed by atoms with Crippen molar-refractivity contribution in [3.63, 3.8) is 0 Å². The molecular formula is C9H21NO2. The van der Waals surface area contributed by atoms with E-state index in [1.54, 1.807) is 0 Å². The van der Waals surface area contributed by atoms with Gasteiger partial charge in [0.25, 0.3) is 0 Å². The topological polar surface area (TPSA) is 44.5 Å². The lowest BCUT2D eigenvalue weighted by Crippen LogP contribution is -2.18. The highest BCUT2D eigenvalue weighted by Crippen LogP contribution is 1.93. The van der Waals surface area contributed by atoms with Gasteiger partial charge in [-0.1, -0.05) is 6.92 Å². The van der Waals surface area contributed by atoms with E-state index in [2.05, 4.69) is 6.92 Å². The van der Waals surface area contributed by atoms with Gasteiger partial charge in [0, 0.05) is 0 Å². The summed E-state index contributed by atoms with van der Waals surface area (Å²) in [5, 5.41) is 0. The predicted octanol–water partition coefficient (Wildman–Crippen LogP) is 1.02. The molecule has 0 saturated heterocycles. The van der Waals surface area contributed by atoms with Crippen LogP contribution < -0.4 is 5.73 Å². The minimum absolute atomic E-state index is 0.292. The van der Waals surface area contributed by atoms with Crippen LogP contribution in [0.15, 0.2) is 0 Å². The van der Waals surface area contributed by atoms with Gasteiger partial charge in [-0.25, -0.2) is 0 Å². The Morgan fingerprint density at radius 1 is 1.17 bits per heavy atom. The van der Waals surface area contributed by atoms with Crippen LogP contribution in [0.2, 0.25) is 0 Å². The maximum atomic E-state index is 5.42. The largest absolute Gasteiger partial charge is 0.379 e. The maximum Gasteiger partial charge on any atom is 0.0703 e. The summed E-state index contributed by atoms with van der Waals surface area (Å²) in [6, 6.07) is 0. The van der Waals surface area contributed by atoms with Gasteiger partial charge in [0.2, 0.25) is 0 Å². The second-order valence-corrected chi connectivity index (χ2v) is 3.34. The Labute approximate surface area is 75.2 Å². The average molecular weight is 175 g/mol. The molecule has 0 heterocycles. The predicted molar refractivity (Wildman–Crippen MR) is 50.1 cm³/mol. The van der Waals surface area contributed by atoms with Crippen molar-refractivity contribution in [2.24, 2.45) is 11.7 Å². The minimum atomic E-state index is 0.292. The van der Waals surface area contributed by atoms with Crippen LogP contribution in [0, 0.1) is 5.92 Å². The molecule has 0 radical (unpaired) electrons. The van der Waals surface area contributed by atoms with Gasteiger partial charge in [-0.05, 0) is 26.3 Å². The summed E-state index contributed by atoms with van der Waals surface area (Å²) < 4.78 is 10.6. The lowest BCUT2D eigenvalue weighted by atomic mass is 10.2. The first-order valence-corrected chi connectivity index (χ1v) is 4.56. The first kappa shape index (κ1) is 11.9. The quantitative estimate of drug-likeness (QED) is 0.588. The van der Waals surface area contributed by atoms with E-state index < -0.39 is 0 Å². The molecule has 0 aromatic carbocycles. The van der Waals surface area contributed by atoms with Crippen molar-refractivity contribution in [2.75, 3.05) is 26.4 Å². The van der Waals surface area contributed by atoms with E-state index in [0.717, 1.165) is 6.61 Å². The van der Waals surface area contributed by atoms with Crippen LogP contribution in [0.4, 0.5) is 0 Å². The summed E-state index contributed by atoms with van der Waals surface area (Å²) in [4.78, 5) is 0. The Bertz CT molecular complexity index is 96.5. The van der Waals surface area contributed by atoms with E-state index in [-0.39, 0.29) is 0 Å². The molecule has 0 aromatic heterocycles. The number of hydrogen-bond acceptors (Lipinski definition) is 3. The molecule has 3 heteroatoms. The molecule has 0 fully saturated rings. The van der Waals surface area contributed by atoms with Crippen LogP contribution in [0.1, 0.15) is 20.8 Å². The van der Waals surface area contributed by atoms with Gasteiger partial charge >= 0.3 is 0 Å². The third-order valence-corrected chi connectivity index (χ3v) is 1.48. The first-order valence-electron chi connectivity index (χ1n) is 4.56. The van der Waals surface area contributed by atoms with Crippen molar-refractivity contribution in [3.8, 4) is 0 Å². The molecule has 1 unspecified atom stereocenters. The summed E-state index contributed by atoms with van der Waals surface area (Å²) in [6.07, 6.45) is 0.292. The molecule has 1 atom stereocenters. The summed E-state index contributed by atoms with van der Waals surface area (Å²) in [5.74, 6) is 0.448. The summed E-state index contributed by atoms with van der Waals surface area (Å²) >= 11 is 0. The third-order valence-electron chi connectivity index (χ3n) is 1.48. The normalized spacial score (nSPS) is 13.8. The Balaban J connectivity index is 3.00. The van der Waals surface area contributed by atoms with E-state index >= 15 is 0 Å². The first-order chi connectivity index (χ1) is 5.66. The van der Waals surface area contributed by atoms with Crippen molar-refractivity contribution in [1.82, 2.24) is 0 Å². The fraction of sp³-hybridized carbons (Fsp3) is 1.00. The standard InChI is InChI=1S/C9H21NO2/c1-8(2)12-5-4-11-7-9(3)6-10/h8-9H,4-7,10H2,1-3H3. The van der Waals surface area contributed by atoms with Gasteiger partial charge in [-0.15, -0.1) is 0 Å². The van der Waals surface area contributed by atoms with Gasteiger partial charge in [0.05, 0.1) is 25.9 Å². The minimum Gasteiger partial charge on any atom is -0.379 e. The van der Waals surface area contributed by atoms with Crippen molar-refractivity contribution in [1.29, 1.82) is 0 Å². The number of nitrogens with two attached hydrogens (primary N) is 1. The van der Waals surface area contributed by atoms with Crippen molar-refractivity contribution >= 4 is 0 Å². The smallest absolute Gasteiger partial charge is 0.0703 e. The molecule has 0 rings (SSSR count). The zero-order valence-corrected chi connectivity index (χ0v) is 8.38. The van der Waals surface area contributed by atoms with Gasteiger partial charge in [0.1, 0.15) is 0 Å². The van der Waals surface area contributed by atoms with E-state index in [9.17, 15) is 0 Å². The Hall–Kier alpha value is -0.120. The van der Waals surface area contributed by atoms with Gasteiger partial charge < -0.3 is 15.2 Å². The van der Waals surface area contributed by atoms with E-state index in [4.69, 9.17) is 15.2 Å². The molecule has 0 aromatic rings. The van der Waals surface area contributed by atoms with Gasteiger partial charge in [0.15, 0.2) is 0 Å². The fourth-order valence-electron chi connectivity index (χ4n) is 0.695. The lowest BCUT2D eigenvalue weighted by Gasteiger charge is -2.10. The fourth-order valence-corrected chi connectivity index (χ4v) is 0.695. The molecule has 0 spiro atoms. The van der Waals surface area contributed by atoms with E-state index in [1.807, 2.05) is 13.8 Å². The maximum absolute atomic E-state index is 5.42. The molecule has 0 aliphatic carbocycles. The molecule has 0 aliphatic rings. The zero-order valence-electron chi connectivity index (χ0n) is 8.38. The molecule has 12 heavy (non-hydrogen) atoms. The van der Waals surface area contributed by atoms with Gasteiger partial charge in [-0.3, -0.25) is 0 Å². The van der Waals surface area contributed by atoms with E-state index in [1.165, 1.54) is 0 Å². The SMILES string of the molecule is CC(CN)COCCOC(C)C. The number of ether oxygens (including phenoxy) is 2.